The molecule has 19 heavy (non-hydrogen) atoms. The summed E-state index contributed by atoms with van der Waals surface area (Å²) < 4.78 is 39.8. The topological polar surface area (TPSA) is 24.9 Å². The zero-order valence-corrected chi connectivity index (χ0v) is 10.9. The van der Waals surface area contributed by atoms with Crippen molar-refractivity contribution in [3.05, 3.63) is 47.8 Å². The molecule has 1 aromatic heterocycles. The third-order valence-corrected chi connectivity index (χ3v) is 3.26. The summed E-state index contributed by atoms with van der Waals surface area (Å²) in [5.41, 5.74) is 0. The fourth-order valence-corrected chi connectivity index (χ4v) is 2.22. The van der Waals surface area contributed by atoms with Gasteiger partial charge < -0.3 is 5.32 Å². The Hall–Kier alpha value is -1.69. The highest BCUT2D eigenvalue weighted by Gasteiger charge is 2.12. The van der Waals surface area contributed by atoms with Gasteiger partial charge in [-0.2, -0.15) is 0 Å². The van der Waals surface area contributed by atoms with Crippen LogP contribution in [-0.2, 0) is 0 Å². The van der Waals surface area contributed by atoms with E-state index in [2.05, 4.69) is 10.3 Å². The van der Waals surface area contributed by atoms with Crippen molar-refractivity contribution in [3.63, 3.8) is 0 Å². The maximum absolute atomic E-state index is 13.6. The molecule has 0 saturated heterocycles. The quantitative estimate of drug-likeness (QED) is 0.915. The Labute approximate surface area is 113 Å². The van der Waals surface area contributed by atoms with E-state index in [-0.39, 0.29) is 16.7 Å². The average Bonchev–Trinajstić information content (AvgIpc) is 2.38. The summed E-state index contributed by atoms with van der Waals surface area (Å²) in [6.45, 7) is 2.27. The van der Waals surface area contributed by atoms with Crippen LogP contribution in [0.1, 0.15) is 6.92 Å². The molecule has 0 saturated carbocycles. The molecule has 0 spiro atoms. The summed E-state index contributed by atoms with van der Waals surface area (Å²) in [5, 5.41) is 2.76. The molecule has 0 unspecified atom stereocenters. The number of nitrogens with zero attached hydrogens (tertiary/aromatic N) is 1. The van der Waals surface area contributed by atoms with Crippen LogP contribution in [0, 0.1) is 17.5 Å². The van der Waals surface area contributed by atoms with E-state index >= 15 is 0 Å². The molecule has 0 aliphatic carbocycles. The molecule has 2 rings (SSSR count). The lowest BCUT2D eigenvalue weighted by Crippen LogP contribution is -2.04. The molecule has 2 aromatic rings. The van der Waals surface area contributed by atoms with Crippen LogP contribution in [0.4, 0.5) is 19.0 Å². The Morgan fingerprint density at radius 3 is 2.42 bits per heavy atom. The minimum absolute atomic E-state index is 0.00788. The zero-order valence-electron chi connectivity index (χ0n) is 10.1. The lowest BCUT2D eigenvalue weighted by Gasteiger charge is -2.08. The van der Waals surface area contributed by atoms with Crippen molar-refractivity contribution in [3.8, 4) is 0 Å². The second kappa shape index (κ2) is 5.97. The monoisotopic (exact) mass is 284 g/mol. The molecule has 1 aromatic carbocycles. The number of hydrogen-bond donors (Lipinski definition) is 1. The first-order chi connectivity index (χ1) is 9.10. The van der Waals surface area contributed by atoms with Crippen LogP contribution >= 0.6 is 11.8 Å². The van der Waals surface area contributed by atoms with Crippen LogP contribution in [0.5, 0.6) is 0 Å². The van der Waals surface area contributed by atoms with Gasteiger partial charge in [-0.25, -0.2) is 18.2 Å². The van der Waals surface area contributed by atoms with Gasteiger partial charge in [0, 0.05) is 17.5 Å². The van der Waals surface area contributed by atoms with Crippen LogP contribution in [0.3, 0.4) is 0 Å². The summed E-state index contributed by atoms with van der Waals surface area (Å²) in [6, 6.07) is 6.36. The molecule has 0 atom stereocenters. The molecule has 6 heteroatoms. The van der Waals surface area contributed by atoms with Crippen molar-refractivity contribution in [1.82, 2.24) is 4.98 Å². The summed E-state index contributed by atoms with van der Waals surface area (Å²) in [6.07, 6.45) is 0. The lowest BCUT2D eigenvalue weighted by molar-refractivity contribution is 0.551. The van der Waals surface area contributed by atoms with Gasteiger partial charge in [0.15, 0.2) is 17.5 Å². The van der Waals surface area contributed by atoms with E-state index in [9.17, 15) is 13.2 Å². The van der Waals surface area contributed by atoms with E-state index in [1.54, 1.807) is 6.92 Å². The van der Waals surface area contributed by atoms with E-state index in [0.29, 0.717) is 11.4 Å². The van der Waals surface area contributed by atoms with Crippen LogP contribution in [0.15, 0.2) is 40.3 Å². The van der Waals surface area contributed by atoms with Crippen LogP contribution in [-0.4, -0.2) is 11.5 Å². The van der Waals surface area contributed by atoms with Crippen molar-refractivity contribution in [2.45, 2.75) is 16.8 Å². The van der Waals surface area contributed by atoms with Gasteiger partial charge in [-0.1, -0.05) is 11.8 Å². The van der Waals surface area contributed by atoms with Crippen LogP contribution in [0.2, 0.25) is 0 Å². The van der Waals surface area contributed by atoms with Gasteiger partial charge in [-0.05, 0) is 31.2 Å². The Balaban J connectivity index is 2.28. The highest BCUT2D eigenvalue weighted by molar-refractivity contribution is 7.99. The predicted molar refractivity (Wildman–Crippen MR) is 68.8 cm³/mol. The fourth-order valence-electron chi connectivity index (χ4n) is 1.43. The summed E-state index contributed by atoms with van der Waals surface area (Å²) in [4.78, 5) is 4.51. The highest BCUT2D eigenvalue weighted by atomic mass is 32.2. The third-order valence-electron chi connectivity index (χ3n) is 2.27. The summed E-state index contributed by atoms with van der Waals surface area (Å²) in [5.74, 6) is -1.84. The van der Waals surface area contributed by atoms with Crippen molar-refractivity contribution < 1.29 is 13.2 Å². The number of aromatic nitrogens is 1. The minimum Gasteiger partial charge on any atom is -0.368 e. The van der Waals surface area contributed by atoms with E-state index in [1.165, 1.54) is 24.3 Å². The first-order valence-corrected chi connectivity index (χ1v) is 6.45. The van der Waals surface area contributed by atoms with Gasteiger partial charge >= 0.3 is 0 Å². The largest absolute Gasteiger partial charge is 0.368 e. The molecular weight excluding hydrogens is 273 g/mol. The van der Waals surface area contributed by atoms with Gasteiger partial charge in [-0.3, -0.25) is 0 Å². The fraction of sp³-hybridized carbons (Fsp3) is 0.154. The summed E-state index contributed by atoms with van der Waals surface area (Å²) in [7, 11) is 0. The van der Waals surface area contributed by atoms with Crippen molar-refractivity contribution in [2.75, 3.05) is 11.9 Å². The number of benzene rings is 1. The first kappa shape index (κ1) is 13.7. The minimum atomic E-state index is -0.742. The van der Waals surface area contributed by atoms with Gasteiger partial charge in [0.1, 0.15) is 10.8 Å². The maximum atomic E-state index is 13.6. The molecule has 2 nitrogen and oxygen atoms in total. The van der Waals surface area contributed by atoms with E-state index < -0.39 is 11.6 Å². The molecule has 1 N–H and O–H groups in total. The molecule has 0 bridgehead atoms. The van der Waals surface area contributed by atoms with E-state index in [4.69, 9.17) is 0 Å². The number of halogens is 3. The van der Waals surface area contributed by atoms with E-state index in [0.717, 1.165) is 17.8 Å². The second-order valence-electron chi connectivity index (χ2n) is 3.69. The van der Waals surface area contributed by atoms with Crippen LogP contribution < -0.4 is 5.32 Å². The first-order valence-electron chi connectivity index (χ1n) is 5.63. The molecule has 100 valence electrons. The SMILES string of the molecule is CCNc1nc(Sc2ccc(F)cc2)c(F)cc1F. The molecule has 0 fully saturated rings. The molecule has 0 aliphatic heterocycles. The van der Waals surface area contributed by atoms with Crippen molar-refractivity contribution >= 4 is 17.6 Å². The molecule has 1 heterocycles. The predicted octanol–water partition coefficient (Wildman–Crippen LogP) is 4.08. The van der Waals surface area contributed by atoms with Gasteiger partial charge in [0.05, 0.1) is 0 Å². The maximum Gasteiger partial charge on any atom is 0.168 e. The normalized spacial score (nSPS) is 10.5. The second-order valence-corrected chi connectivity index (χ2v) is 4.75. The number of anilines is 1. The Kier molecular flexibility index (Phi) is 4.31. The molecule has 0 aliphatic rings. The highest BCUT2D eigenvalue weighted by Crippen LogP contribution is 2.30. The average molecular weight is 284 g/mol. The Morgan fingerprint density at radius 1 is 1.11 bits per heavy atom. The Bertz CT molecular complexity index is 573. The standard InChI is InChI=1S/C13H11F3N2S/c1-2-17-12-10(15)7-11(16)13(18-12)19-9-5-3-8(14)4-6-9/h3-7H,2H2,1H3,(H,17,18). The third kappa shape index (κ3) is 3.41. The molecular formula is C13H11F3N2S. The zero-order chi connectivity index (χ0) is 13.8. The van der Waals surface area contributed by atoms with Gasteiger partial charge in [0.2, 0.25) is 0 Å². The smallest absolute Gasteiger partial charge is 0.168 e. The molecule has 0 amide bonds. The molecule has 0 radical (unpaired) electrons. The Morgan fingerprint density at radius 2 is 1.79 bits per heavy atom. The number of rotatable bonds is 4. The van der Waals surface area contributed by atoms with Gasteiger partial charge in [-0.15, -0.1) is 0 Å². The number of hydrogen-bond acceptors (Lipinski definition) is 3. The van der Waals surface area contributed by atoms with E-state index in [1.807, 2.05) is 0 Å². The van der Waals surface area contributed by atoms with Crippen molar-refractivity contribution in [1.29, 1.82) is 0 Å². The lowest BCUT2D eigenvalue weighted by atomic mass is 10.4. The van der Waals surface area contributed by atoms with Crippen molar-refractivity contribution in [2.24, 2.45) is 0 Å². The van der Waals surface area contributed by atoms with Crippen LogP contribution in [0.25, 0.3) is 0 Å². The number of pyridine rings is 1. The van der Waals surface area contributed by atoms with Gasteiger partial charge in [0.25, 0.3) is 0 Å². The summed E-state index contributed by atoms with van der Waals surface area (Å²) >= 11 is 1.01. The number of nitrogens with one attached hydrogen (secondary N) is 1.